The van der Waals surface area contributed by atoms with Crippen LogP contribution in [0.25, 0.3) is 0 Å². The van der Waals surface area contributed by atoms with Crippen molar-refractivity contribution in [3.8, 4) is 11.5 Å². The van der Waals surface area contributed by atoms with Crippen molar-refractivity contribution in [1.82, 2.24) is 5.32 Å². The van der Waals surface area contributed by atoms with Gasteiger partial charge in [0, 0.05) is 17.7 Å². The Hall–Kier alpha value is -1.22. The highest BCUT2D eigenvalue weighted by molar-refractivity contribution is 5.42. The Bertz CT molecular complexity index is 319. The zero-order valence-electron chi connectivity index (χ0n) is 8.29. The number of rotatable bonds is 2. The van der Waals surface area contributed by atoms with Gasteiger partial charge in [-0.1, -0.05) is 6.07 Å². The van der Waals surface area contributed by atoms with Gasteiger partial charge < -0.3 is 15.2 Å². The summed E-state index contributed by atoms with van der Waals surface area (Å²) in [6, 6.07) is 5.68. The molecule has 0 unspecified atom stereocenters. The quantitative estimate of drug-likeness (QED) is 0.752. The van der Waals surface area contributed by atoms with Crippen LogP contribution in [0.1, 0.15) is 24.4 Å². The largest absolute Gasteiger partial charge is 0.508 e. The Kier molecular flexibility index (Phi) is 2.59. The lowest BCUT2D eigenvalue weighted by Gasteiger charge is -2.14. The summed E-state index contributed by atoms with van der Waals surface area (Å²) in [4.78, 5) is 0. The van der Waals surface area contributed by atoms with Crippen LogP contribution in [0.3, 0.4) is 0 Å². The molecule has 0 saturated carbocycles. The third-order valence-electron chi connectivity index (χ3n) is 2.65. The van der Waals surface area contributed by atoms with E-state index in [1.807, 2.05) is 6.07 Å². The summed E-state index contributed by atoms with van der Waals surface area (Å²) in [5.41, 5.74) is 1.14. The Morgan fingerprint density at radius 1 is 1.50 bits per heavy atom. The summed E-state index contributed by atoms with van der Waals surface area (Å²) in [6.45, 7) is 1.06. The molecule has 0 aliphatic carbocycles. The number of aromatic hydroxyl groups is 1. The van der Waals surface area contributed by atoms with Gasteiger partial charge in [0.2, 0.25) is 0 Å². The van der Waals surface area contributed by atoms with Gasteiger partial charge in [-0.15, -0.1) is 0 Å². The number of nitrogens with one attached hydrogen (secondary N) is 1. The Labute approximate surface area is 83.7 Å². The van der Waals surface area contributed by atoms with Gasteiger partial charge in [-0.05, 0) is 25.5 Å². The fourth-order valence-corrected chi connectivity index (χ4v) is 1.94. The van der Waals surface area contributed by atoms with Crippen molar-refractivity contribution in [3.05, 3.63) is 23.8 Å². The van der Waals surface area contributed by atoms with Crippen molar-refractivity contribution in [2.75, 3.05) is 13.7 Å². The van der Waals surface area contributed by atoms with Crippen molar-refractivity contribution in [2.24, 2.45) is 0 Å². The van der Waals surface area contributed by atoms with Crippen molar-refractivity contribution < 1.29 is 9.84 Å². The maximum Gasteiger partial charge on any atom is 0.127 e. The zero-order valence-corrected chi connectivity index (χ0v) is 8.29. The first-order chi connectivity index (χ1) is 6.81. The van der Waals surface area contributed by atoms with Crippen molar-refractivity contribution in [2.45, 2.75) is 18.9 Å². The van der Waals surface area contributed by atoms with Crippen LogP contribution in [-0.2, 0) is 0 Å². The van der Waals surface area contributed by atoms with Crippen LogP contribution in [0.15, 0.2) is 18.2 Å². The highest BCUT2D eigenvalue weighted by Gasteiger charge is 2.19. The van der Waals surface area contributed by atoms with Crippen LogP contribution in [-0.4, -0.2) is 18.8 Å². The molecule has 1 aliphatic rings. The number of benzene rings is 1. The molecule has 1 aromatic rings. The average molecular weight is 193 g/mol. The lowest BCUT2D eigenvalue weighted by Crippen LogP contribution is -2.13. The van der Waals surface area contributed by atoms with E-state index in [-0.39, 0.29) is 5.75 Å². The molecule has 1 fully saturated rings. The molecule has 0 amide bonds. The summed E-state index contributed by atoms with van der Waals surface area (Å²) in [5, 5.41) is 12.7. The standard InChI is InChI=1S/C11H15NO2/c1-14-11-7-8(13)4-5-9(11)10-3-2-6-12-10/h4-5,7,10,12-13H,2-3,6H2,1H3/t10-/m1/s1. The summed E-state index contributed by atoms with van der Waals surface area (Å²) in [6.07, 6.45) is 2.34. The van der Waals surface area contributed by atoms with E-state index in [9.17, 15) is 5.11 Å². The number of phenols is 1. The molecule has 3 heteroatoms. The normalized spacial score (nSPS) is 21.1. The van der Waals surface area contributed by atoms with Crippen molar-refractivity contribution >= 4 is 0 Å². The first-order valence-electron chi connectivity index (χ1n) is 4.91. The van der Waals surface area contributed by atoms with E-state index in [2.05, 4.69) is 5.32 Å². The fraction of sp³-hybridized carbons (Fsp3) is 0.455. The molecule has 1 aromatic carbocycles. The Balaban J connectivity index is 2.31. The van der Waals surface area contributed by atoms with Crippen LogP contribution in [0.2, 0.25) is 0 Å². The second kappa shape index (κ2) is 3.88. The molecule has 76 valence electrons. The monoisotopic (exact) mass is 193 g/mol. The molecule has 2 rings (SSSR count). The summed E-state index contributed by atoms with van der Waals surface area (Å²) in [7, 11) is 1.63. The van der Waals surface area contributed by atoms with Crippen LogP contribution in [0.5, 0.6) is 11.5 Å². The molecule has 1 aliphatic heterocycles. The number of methoxy groups -OCH3 is 1. The van der Waals surface area contributed by atoms with Gasteiger partial charge in [0.05, 0.1) is 7.11 Å². The van der Waals surface area contributed by atoms with Crippen LogP contribution in [0.4, 0.5) is 0 Å². The Morgan fingerprint density at radius 2 is 2.36 bits per heavy atom. The molecule has 14 heavy (non-hydrogen) atoms. The molecule has 0 aromatic heterocycles. The van der Waals surface area contributed by atoms with Gasteiger partial charge >= 0.3 is 0 Å². The SMILES string of the molecule is COc1cc(O)ccc1[C@H]1CCCN1. The van der Waals surface area contributed by atoms with Gasteiger partial charge in [-0.3, -0.25) is 0 Å². The van der Waals surface area contributed by atoms with Gasteiger partial charge in [0.15, 0.2) is 0 Å². The molecular formula is C11H15NO2. The van der Waals surface area contributed by atoms with E-state index < -0.39 is 0 Å². The first kappa shape index (κ1) is 9.34. The third-order valence-corrected chi connectivity index (χ3v) is 2.65. The van der Waals surface area contributed by atoms with E-state index in [1.54, 1.807) is 19.2 Å². The molecular weight excluding hydrogens is 178 g/mol. The molecule has 1 atom stereocenters. The van der Waals surface area contributed by atoms with Gasteiger partial charge in [-0.2, -0.15) is 0 Å². The molecule has 0 bridgehead atoms. The van der Waals surface area contributed by atoms with E-state index >= 15 is 0 Å². The first-order valence-corrected chi connectivity index (χ1v) is 4.91. The molecule has 1 saturated heterocycles. The second-order valence-electron chi connectivity index (χ2n) is 3.58. The third kappa shape index (κ3) is 1.68. The summed E-state index contributed by atoms with van der Waals surface area (Å²) >= 11 is 0. The predicted molar refractivity (Wildman–Crippen MR) is 54.6 cm³/mol. The highest BCUT2D eigenvalue weighted by Crippen LogP contribution is 2.32. The number of hydrogen-bond acceptors (Lipinski definition) is 3. The minimum absolute atomic E-state index is 0.253. The molecule has 3 nitrogen and oxygen atoms in total. The van der Waals surface area contributed by atoms with E-state index in [4.69, 9.17) is 4.74 Å². The summed E-state index contributed by atoms with van der Waals surface area (Å²) < 4.78 is 5.24. The average Bonchev–Trinajstić information content (AvgIpc) is 2.70. The number of phenolic OH excluding ortho intramolecular Hbond substituents is 1. The maximum atomic E-state index is 9.31. The topological polar surface area (TPSA) is 41.5 Å². The molecule has 1 heterocycles. The molecule has 2 N–H and O–H groups in total. The van der Waals surface area contributed by atoms with E-state index in [1.165, 1.54) is 6.42 Å². The number of hydrogen-bond donors (Lipinski definition) is 2. The smallest absolute Gasteiger partial charge is 0.127 e. The number of ether oxygens (including phenoxy) is 1. The van der Waals surface area contributed by atoms with Gasteiger partial charge in [-0.25, -0.2) is 0 Å². The Morgan fingerprint density at radius 3 is 3.00 bits per heavy atom. The van der Waals surface area contributed by atoms with Crippen LogP contribution >= 0.6 is 0 Å². The highest BCUT2D eigenvalue weighted by atomic mass is 16.5. The summed E-state index contributed by atoms with van der Waals surface area (Å²) in [5.74, 6) is 1.02. The van der Waals surface area contributed by atoms with Gasteiger partial charge in [0.1, 0.15) is 11.5 Å². The van der Waals surface area contributed by atoms with Crippen molar-refractivity contribution in [1.29, 1.82) is 0 Å². The van der Waals surface area contributed by atoms with Crippen molar-refractivity contribution in [3.63, 3.8) is 0 Å². The van der Waals surface area contributed by atoms with Crippen LogP contribution in [0, 0.1) is 0 Å². The molecule has 0 spiro atoms. The predicted octanol–water partition coefficient (Wildman–Crippen LogP) is 1.83. The zero-order chi connectivity index (χ0) is 9.97. The van der Waals surface area contributed by atoms with E-state index in [0.29, 0.717) is 6.04 Å². The minimum Gasteiger partial charge on any atom is -0.508 e. The van der Waals surface area contributed by atoms with Crippen LogP contribution < -0.4 is 10.1 Å². The lowest BCUT2D eigenvalue weighted by molar-refractivity contribution is 0.396. The second-order valence-corrected chi connectivity index (χ2v) is 3.58. The lowest BCUT2D eigenvalue weighted by atomic mass is 10.0. The molecule has 0 radical (unpaired) electrons. The maximum absolute atomic E-state index is 9.31. The van der Waals surface area contributed by atoms with Gasteiger partial charge in [0.25, 0.3) is 0 Å². The minimum atomic E-state index is 0.253. The van der Waals surface area contributed by atoms with E-state index in [0.717, 1.165) is 24.3 Å². The fourth-order valence-electron chi connectivity index (χ4n) is 1.94.